The van der Waals surface area contributed by atoms with Gasteiger partial charge in [-0.3, -0.25) is 9.88 Å². The van der Waals surface area contributed by atoms with Gasteiger partial charge in [0.15, 0.2) is 0 Å². The van der Waals surface area contributed by atoms with Gasteiger partial charge in [-0.1, -0.05) is 6.07 Å². The van der Waals surface area contributed by atoms with Crippen LogP contribution in [0.5, 0.6) is 0 Å². The number of aryl methyl sites for hydroxylation is 2. The fraction of sp³-hybridized carbons (Fsp3) is 0.429. The molecule has 2 aromatic heterocycles. The Hall–Kier alpha value is -1.68. The van der Waals surface area contributed by atoms with Gasteiger partial charge in [0.1, 0.15) is 5.76 Å². The highest BCUT2D eigenvalue weighted by Gasteiger charge is 2.15. The third-order valence-electron chi connectivity index (χ3n) is 3.23. The predicted molar refractivity (Wildman–Crippen MR) is 70.1 cm³/mol. The van der Waals surface area contributed by atoms with E-state index < -0.39 is 0 Å². The van der Waals surface area contributed by atoms with Gasteiger partial charge in [0.25, 0.3) is 0 Å². The van der Waals surface area contributed by atoms with E-state index in [4.69, 9.17) is 4.42 Å². The first kappa shape index (κ1) is 12.8. The lowest BCUT2D eigenvalue weighted by molar-refractivity contribution is 0.223. The molecule has 4 nitrogen and oxygen atoms in total. The van der Waals surface area contributed by atoms with Crippen LogP contribution in [0.2, 0.25) is 0 Å². The van der Waals surface area contributed by atoms with Crippen molar-refractivity contribution in [2.75, 3.05) is 7.05 Å². The van der Waals surface area contributed by atoms with Gasteiger partial charge in [-0.05, 0) is 40.0 Å². The number of oxazole rings is 1. The van der Waals surface area contributed by atoms with Crippen LogP contribution in [0.1, 0.15) is 36.0 Å². The van der Waals surface area contributed by atoms with Gasteiger partial charge in [0, 0.05) is 12.2 Å². The Balaban J connectivity index is 2.06. The molecule has 0 saturated carbocycles. The van der Waals surface area contributed by atoms with E-state index >= 15 is 0 Å². The van der Waals surface area contributed by atoms with E-state index in [-0.39, 0.29) is 6.04 Å². The Morgan fingerprint density at radius 3 is 2.67 bits per heavy atom. The summed E-state index contributed by atoms with van der Waals surface area (Å²) in [6.45, 7) is 6.72. The van der Waals surface area contributed by atoms with E-state index in [2.05, 4.69) is 21.8 Å². The molecule has 2 rings (SSSR count). The molecule has 0 aliphatic rings. The van der Waals surface area contributed by atoms with Crippen molar-refractivity contribution < 1.29 is 4.42 Å². The summed E-state index contributed by atoms with van der Waals surface area (Å²) in [5.41, 5.74) is 2.02. The number of aromatic nitrogens is 2. The molecule has 0 fully saturated rings. The van der Waals surface area contributed by atoms with Crippen LogP contribution in [-0.2, 0) is 6.54 Å². The third-order valence-corrected chi connectivity index (χ3v) is 3.23. The zero-order valence-electron chi connectivity index (χ0n) is 11.3. The summed E-state index contributed by atoms with van der Waals surface area (Å²) in [5.74, 6) is 1.65. The SMILES string of the molecule is Cc1nc(CN(C)[C@@H](C)c2ccccn2)oc1C. The fourth-order valence-corrected chi connectivity index (χ4v) is 1.81. The van der Waals surface area contributed by atoms with Crippen LogP contribution in [0.4, 0.5) is 0 Å². The van der Waals surface area contributed by atoms with E-state index in [0.29, 0.717) is 6.54 Å². The minimum atomic E-state index is 0.235. The molecular formula is C14H19N3O. The Morgan fingerprint density at radius 1 is 1.33 bits per heavy atom. The second kappa shape index (κ2) is 5.31. The van der Waals surface area contributed by atoms with Gasteiger partial charge in [0.05, 0.1) is 17.9 Å². The second-order valence-corrected chi connectivity index (χ2v) is 4.59. The number of pyridine rings is 1. The monoisotopic (exact) mass is 245 g/mol. The van der Waals surface area contributed by atoms with Gasteiger partial charge < -0.3 is 4.42 Å². The van der Waals surface area contributed by atoms with Crippen molar-refractivity contribution in [2.24, 2.45) is 0 Å². The van der Waals surface area contributed by atoms with Gasteiger partial charge in [-0.15, -0.1) is 0 Å². The minimum Gasteiger partial charge on any atom is -0.444 e. The predicted octanol–water partition coefficient (Wildman–Crippen LogP) is 2.88. The number of hydrogen-bond acceptors (Lipinski definition) is 4. The topological polar surface area (TPSA) is 42.2 Å². The molecule has 2 heterocycles. The lowest BCUT2D eigenvalue weighted by Crippen LogP contribution is -2.22. The zero-order valence-corrected chi connectivity index (χ0v) is 11.3. The van der Waals surface area contributed by atoms with Crippen molar-refractivity contribution in [1.82, 2.24) is 14.9 Å². The summed E-state index contributed by atoms with van der Waals surface area (Å²) in [6.07, 6.45) is 1.82. The van der Waals surface area contributed by atoms with Crippen molar-refractivity contribution in [1.29, 1.82) is 0 Å². The molecule has 4 heteroatoms. The molecule has 1 atom stereocenters. The molecule has 0 spiro atoms. The number of nitrogens with zero attached hydrogens (tertiary/aromatic N) is 3. The van der Waals surface area contributed by atoms with Crippen LogP contribution in [0.3, 0.4) is 0 Å². The van der Waals surface area contributed by atoms with Gasteiger partial charge in [-0.25, -0.2) is 4.98 Å². The number of rotatable bonds is 4. The largest absolute Gasteiger partial charge is 0.444 e. The molecule has 0 amide bonds. The average Bonchev–Trinajstić information content (AvgIpc) is 2.68. The molecule has 0 radical (unpaired) electrons. The van der Waals surface area contributed by atoms with Crippen molar-refractivity contribution in [2.45, 2.75) is 33.4 Å². The van der Waals surface area contributed by atoms with Crippen LogP contribution in [0, 0.1) is 13.8 Å². The van der Waals surface area contributed by atoms with Gasteiger partial charge >= 0.3 is 0 Å². The Labute approximate surface area is 108 Å². The molecule has 2 aromatic rings. The molecule has 0 N–H and O–H groups in total. The highest BCUT2D eigenvalue weighted by atomic mass is 16.4. The smallest absolute Gasteiger partial charge is 0.208 e. The molecule has 0 aliphatic heterocycles. The first-order valence-corrected chi connectivity index (χ1v) is 6.12. The van der Waals surface area contributed by atoms with Crippen molar-refractivity contribution in [3.05, 3.63) is 47.4 Å². The van der Waals surface area contributed by atoms with Crippen LogP contribution >= 0.6 is 0 Å². The van der Waals surface area contributed by atoms with Crippen LogP contribution in [0.15, 0.2) is 28.8 Å². The Kier molecular flexibility index (Phi) is 3.77. The molecule has 0 aromatic carbocycles. The maximum Gasteiger partial charge on any atom is 0.208 e. The maximum absolute atomic E-state index is 5.60. The summed E-state index contributed by atoms with van der Waals surface area (Å²) >= 11 is 0. The van der Waals surface area contributed by atoms with Crippen LogP contribution in [0.25, 0.3) is 0 Å². The molecule has 0 saturated heterocycles. The van der Waals surface area contributed by atoms with E-state index in [0.717, 1.165) is 23.0 Å². The summed E-state index contributed by atoms with van der Waals surface area (Å²) in [5, 5.41) is 0. The average molecular weight is 245 g/mol. The van der Waals surface area contributed by atoms with E-state index in [9.17, 15) is 0 Å². The highest BCUT2D eigenvalue weighted by molar-refractivity contribution is 5.09. The van der Waals surface area contributed by atoms with E-state index in [1.165, 1.54) is 0 Å². The van der Waals surface area contributed by atoms with Crippen molar-refractivity contribution >= 4 is 0 Å². The first-order chi connectivity index (χ1) is 8.58. The van der Waals surface area contributed by atoms with Gasteiger partial charge in [-0.2, -0.15) is 0 Å². The summed E-state index contributed by atoms with van der Waals surface area (Å²) < 4.78 is 5.60. The molecule has 0 unspecified atom stereocenters. The molecule has 96 valence electrons. The summed E-state index contributed by atoms with van der Waals surface area (Å²) in [7, 11) is 2.05. The van der Waals surface area contributed by atoms with E-state index in [1.807, 2.05) is 45.3 Å². The lowest BCUT2D eigenvalue weighted by Gasteiger charge is -2.22. The summed E-state index contributed by atoms with van der Waals surface area (Å²) in [6, 6.07) is 6.20. The Morgan fingerprint density at radius 2 is 2.11 bits per heavy atom. The van der Waals surface area contributed by atoms with Crippen molar-refractivity contribution in [3.8, 4) is 0 Å². The quantitative estimate of drug-likeness (QED) is 0.830. The minimum absolute atomic E-state index is 0.235. The van der Waals surface area contributed by atoms with Crippen molar-refractivity contribution in [3.63, 3.8) is 0 Å². The Bertz CT molecular complexity index is 488. The highest BCUT2D eigenvalue weighted by Crippen LogP contribution is 2.19. The molecule has 0 aliphatic carbocycles. The van der Waals surface area contributed by atoms with E-state index in [1.54, 1.807) is 0 Å². The number of hydrogen-bond donors (Lipinski definition) is 0. The maximum atomic E-state index is 5.60. The normalized spacial score (nSPS) is 12.9. The molecule has 0 bridgehead atoms. The zero-order chi connectivity index (χ0) is 13.1. The van der Waals surface area contributed by atoms with Crippen LogP contribution < -0.4 is 0 Å². The standard InChI is InChI=1S/C14H19N3O/c1-10-12(3)18-14(16-10)9-17(4)11(2)13-7-5-6-8-15-13/h5-8,11H,9H2,1-4H3/t11-/m0/s1. The summed E-state index contributed by atoms with van der Waals surface area (Å²) in [4.78, 5) is 10.9. The fourth-order valence-electron chi connectivity index (χ4n) is 1.81. The molecular weight excluding hydrogens is 226 g/mol. The van der Waals surface area contributed by atoms with Gasteiger partial charge in [0.2, 0.25) is 5.89 Å². The third kappa shape index (κ3) is 2.76. The first-order valence-electron chi connectivity index (χ1n) is 6.12. The second-order valence-electron chi connectivity index (χ2n) is 4.59. The molecule has 18 heavy (non-hydrogen) atoms. The van der Waals surface area contributed by atoms with Crippen LogP contribution in [-0.4, -0.2) is 21.9 Å². The lowest BCUT2D eigenvalue weighted by atomic mass is 10.2.